The first-order valence-electron chi connectivity index (χ1n) is 5.57. The molecule has 0 unspecified atom stereocenters. The number of fused-ring (bicyclic) bond motifs is 1. The minimum absolute atomic E-state index is 0.208. The summed E-state index contributed by atoms with van der Waals surface area (Å²) in [6, 6.07) is 4.05. The van der Waals surface area contributed by atoms with E-state index in [-0.39, 0.29) is 16.5 Å². The zero-order chi connectivity index (χ0) is 14.1. The second-order valence-electron chi connectivity index (χ2n) is 3.93. The van der Waals surface area contributed by atoms with Crippen LogP contribution < -0.4 is 0 Å². The molecule has 0 spiro atoms. The van der Waals surface area contributed by atoms with Gasteiger partial charge in [0.2, 0.25) is 0 Å². The highest BCUT2D eigenvalue weighted by Gasteiger charge is 2.11. The summed E-state index contributed by atoms with van der Waals surface area (Å²) in [6.45, 7) is 0. The van der Waals surface area contributed by atoms with Crippen LogP contribution >= 0.6 is 23.4 Å². The Bertz CT molecular complexity index is 777. The molecule has 102 valence electrons. The fourth-order valence-electron chi connectivity index (χ4n) is 1.65. The number of hydrogen-bond acceptors (Lipinski definition) is 4. The maximum Gasteiger partial charge on any atom is 0.191 e. The molecular weight excluding hydrogens is 306 g/mol. The molecule has 0 fully saturated rings. The van der Waals surface area contributed by atoms with Gasteiger partial charge in [-0.15, -0.1) is 0 Å². The van der Waals surface area contributed by atoms with Crippen LogP contribution in [0.5, 0.6) is 0 Å². The molecule has 0 amide bonds. The first-order chi connectivity index (χ1) is 9.65. The Morgan fingerprint density at radius 3 is 2.95 bits per heavy atom. The highest BCUT2D eigenvalue weighted by atomic mass is 35.5. The first-order valence-corrected chi connectivity index (χ1v) is 6.94. The van der Waals surface area contributed by atoms with E-state index in [0.717, 1.165) is 6.07 Å². The van der Waals surface area contributed by atoms with Crippen molar-refractivity contribution in [1.82, 2.24) is 20.2 Å². The highest BCUT2D eigenvalue weighted by Crippen LogP contribution is 2.26. The number of nitrogens with one attached hydrogen (secondary N) is 1. The number of aromatic nitrogens is 4. The SMILES string of the molecule is Fc1cccc(CSc2nc(Cl)c3cn[nH]c3n2)c1F. The highest BCUT2D eigenvalue weighted by molar-refractivity contribution is 7.98. The van der Waals surface area contributed by atoms with E-state index in [4.69, 9.17) is 11.6 Å². The maximum atomic E-state index is 13.5. The summed E-state index contributed by atoms with van der Waals surface area (Å²) in [4.78, 5) is 8.28. The third-order valence-electron chi connectivity index (χ3n) is 2.63. The van der Waals surface area contributed by atoms with Crippen molar-refractivity contribution in [3.63, 3.8) is 0 Å². The lowest BCUT2D eigenvalue weighted by Gasteiger charge is -2.03. The minimum atomic E-state index is -0.869. The third-order valence-corrected chi connectivity index (χ3v) is 3.82. The number of thioether (sulfide) groups is 1. The molecule has 4 nitrogen and oxygen atoms in total. The lowest BCUT2D eigenvalue weighted by Crippen LogP contribution is -1.94. The van der Waals surface area contributed by atoms with Crippen molar-refractivity contribution in [2.45, 2.75) is 10.9 Å². The Morgan fingerprint density at radius 1 is 1.25 bits per heavy atom. The van der Waals surface area contributed by atoms with Gasteiger partial charge in [-0.1, -0.05) is 35.5 Å². The van der Waals surface area contributed by atoms with E-state index < -0.39 is 11.6 Å². The molecule has 3 rings (SSSR count). The predicted molar refractivity (Wildman–Crippen MR) is 72.6 cm³/mol. The number of aromatic amines is 1. The van der Waals surface area contributed by atoms with Gasteiger partial charge in [-0.3, -0.25) is 5.10 Å². The number of benzene rings is 1. The monoisotopic (exact) mass is 312 g/mol. The summed E-state index contributed by atoms with van der Waals surface area (Å²) in [5, 5.41) is 7.76. The number of nitrogens with zero attached hydrogens (tertiary/aromatic N) is 3. The van der Waals surface area contributed by atoms with Gasteiger partial charge in [0, 0.05) is 11.3 Å². The number of hydrogen-bond donors (Lipinski definition) is 1. The molecule has 8 heteroatoms. The summed E-state index contributed by atoms with van der Waals surface area (Å²) < 4.78 is 26.6. The molecule has 2 aromatic heterocycles. The summed E-state index contributed by atoms with van der Waals surface area (Å²) in [5.74, 6) is -1.51. The molecule has 0 aliphatic heterocycles. The molecule has 0 saturated carbocycles. The number of H-pyrrole nitrogens is 1. The van der Waals surface area contributed by atoms with E-state index in [1.54, 1.807) is 0 Å². The topological polar surface area (TPSA) is 54.5 Å². The Kier molecular flexibility index (Phi) is 3.54. The van der Waals surface area contributed by atoms with Crippen molar-refractivity contribution in [1.29, 1.82) is 0 Å². The lowest BCUT2D eigenvalue weighted by molar-refractivity contribution is 0.502. The van der Waals surface area contributed by atoms with Gasteiger partial charge < -0.3 is 0 Å². The van der Waals surface area contributed by atoms with Crippen LogP contribution in [0.2, 0.25) is 5.15 Å². The van der Waals surface area contributed by atoms with Crippen LogP contribution in [0, 0.1) is 11.6 Å². The molecule has 1 N–H and O–H groups in total. The molecule has 2 heterocycles. The van der Waals surface area contributed by atoms with E-state index in [9.17, 15) is 8.78 Å². The summed E-state index contributed by atoms with van der Waals surface area (Å²) in [6.07, 6.45) is 1.53. The average Bonchev–Trinajstić information content (AvgIpc) is 2.89. The summed E-state index contributed by atoms with van der Waals surface area (Å²) >= 11 is 7.15. The molecule has 20 heavy (non-hydrogen) atoms. The van der Waals surface area contributed by atoms with Crippen LogP contribution in [0.1, 0.15) is 5.56 Å². The second-order valence-corrected chi connectivity index (χ2v) is 5.23. The molecule has 0 atom stereocenters. The zero-order valence-corrected chi connectivity index (χ0v) is 11.5. The standard InChI is InChI=1S/C12H7ClF2N4S/c13-10-7-4-16-19-11(7)18-12(17-10)20-5-6-2-1-3-8(14)9(6)15/h1-4H,5H2,(H,16,17,18,19). The van der Waals surface area contributed by atoms with Gasteiger partial charge in [-0.05, 0) is 6.07 Å². The van der Waals surface area contributed by atoms with Gasteiger partial charge in [0.25, 0.3) is 0 Å². The maximum absolute atomic E-state index is 13.5. The van der Waals surface area contributed by atoms with Gasteiger partial charge in [0.1, 0.15) is 5.15 Å². The molecule has 0 radical (unpaired) electrons. The van der Waals surface area contributed by atoms with Crippen LogP contribution in [-0.4, -0.2) is 20.2 Å². The zero-order valence-electron chi connectivity index (χ0n) is 9.90. The van der Waals surface area contributed by atoms with E-state index in [2.05, 4.69) is 20.2 Å². The van der Waals surface area contributed by atoms with Gasteiger partial charge in [0.15, 0.2) is 22.4 Å². The van der Waals surface area contributed by atoms with Gasteiger partial charge in [-0.25, -0.2) is 18.7 Å². The Labute approximate surface area is 121 Å². The van der Waals surface area contributed by atoms with E-state index in [1.165, 1.54) is 30.1 Å². The van der Waals surface area contributed by atoms with Crippen molar-refractivity contribution in [3.8, 4) is 0 Å². The normalized spacial score (nSPS) is 11.2. The van der Waals surface area contributed by atoms with Crippen LogP contribution in [0.3, 0.4) is 0 Å². The number of halogens is 3. The molecule has 0 aliphatic rings. The van der Waals surface area contributed by atoms with Crippen LogP contribution in [0.25, 0.3) is 11.0 Å². The molecule has 0 aliphatic carbocycles. The second kappa shape index (κ2) is 5.34. The third kappa shape index (κ3) is 2.46. The lowest BCUT2D eigenvalue weighted by atomic mass is 10.2. The van der Waals surface area contributed by atoms with Crippen LogP contribution in [-0.2, 0) is 5.75 Å². The Morgan fingerprint density at radius 2 is 2.10 bits per heavy atom. The van der Waals surface area contributed by atoms with E-state index in [0.29, 0.717) is 16.2 Å². The predicted octanol–water partition coefficient (Wildman–Crippen LogP) is 3.58. The molecule has 0 saturated heterocycles. The summed E-state index contributed by atoms with van der Waals surface area (Å²) in [7, 11) is 0. The largest absolute Gasteiger partial charge is 0.261 e. The Hall–Kier alpha value is -1.73. The fraction of sp³-hybridized carbons (Fsp3) is 0.0833. The quantitative estimate of drug-likeness (QED) is 0.456. The molecule has 1 aromatic carbocycles. The van der Waals surface area contributed by atoms with Crippen molar-refractivity contribution >= 4 is 34.4 Å². The van der Waals surface area contributed by atoms with Crippen LogP contribution in [0.15, 0.2) is 29.6 Å². The van der Waals surface area contributed by atoms with Crippen molar-refractivity contribution in [3.05, 3.63) is 46.7 Å². The van der Waals surface area contributed by atoms with Gasteiger partial charge in [-0.2, -0.15) is 5.10 Å². The molecule has 3 aromatic rings. The smallest absolute Gasteiger partial charge is 0.191 e. The fourth-order valence-corrected chi connectivity index (χ4v) is 2.73. The van der Waals surface area contributed by atoms with Crippen molar-refractivity contribution < 1.29 is 8.78 Å². The summed E-state index contributed by atoms with van der Waals surface area (Å²) in [5.41, 5.74) is 0.756. The molecule has 0 bridgehead atoms. The minimum Gasteiger partial charge on any atom is -0.261 e. The van der Waals surface area contributed by atoms with E-state index >= 15 is 0 Å². The van der Waals surface area contributed by atoms with Gasteiger partial charge >= 0.3 is 0 Å². The Balaban J connectivity index is 1.84. The molecular formula is C12H7ClF2N4S. The van der Waals surface area contributed by atoms with E-state index in [1.807, 2.05) is 0 Å². The number of rotatable bonds is 3. The first kappa shape index (κ1) is 13.3. The van der Waals surface area contributed by atoms with Crippen molar-refractivity contribution in [2.24, 2.45) is 0 Å². The van der Waals surface area contributed by atoms with Gasteiger partial charge in [0.05, 0.1) is 11.6 Å². The average molecular weight is 313 g/mol. The van der Waals surface area contributed by atoms with Crippen molar-refractivity contribution in [2.75, 3.05) is 0 Å². The van der Waals surface area contributed by atoms with Crippen LogP contribution in [0.4, 0.5) is 8.78 Å².